The highest BCUT2D eigenvalue weighted by Crippen LogP contribution is 2.28. The van der Waals surface area contributed by atoms with Gasteiger partial charge in [-0.2, -0.15) is 5.10 Å². The molecule has 2 heterocycles. The van der Waals surface area contributed by atoms with Crippen LogP contribution in [-0.2, 0) is 17.8 Å². The molecule has 0 saturated heterocycles. The number of hydrogen-bond donors (Lipinski definition) is 2. The molecule has 1 aliphatic heterocycles. The molecule has 3 rings (SSSR count). The molecule has 0 saturated carbocycles. The number of H-pyrrole nitrogens is 1. The standard InChI is InChI=1S/C13H13N3O2/c17-13(14-8-10-5-6-15-16-10)12-7-9-3-1-2-4-11(9)18-12/h1-6,12H,7-8H2,(H,14,17)(H,15,16). The topological polar surface area (TPSA) is 67.0 Å². The van der Waals surface area contributed by atoms with Crippen LogP contribution in [0.25, 0.3) is 0 Å². The van der Waals surface area contributed by atoms with Crippen LogP contribution in [0, 0.1) is 0 Å². The van der Waals surface area contributed by atoms with Crippen LogP contribution >= 0.6 is 0 Å². The Morgan fingerprint density at radius 2 is 2.33 bits per heavy atom. The monoisotopic (exact) mass is 243 g/mol. The molecule has 0 radical (unpaired) electrons. The van der Waals surface area contributed by atoms with E-state index in [-0.39, 0.29) is 5.91 Å². The van der Waals surface area contributed by atoms with Crippen molar-refractivity contribution >= 4 is 5.91 Å². The van der Waals surface area contributed by atoms with Gasteiger partial charge >= 0.3 is 0 Å². The summed E-state index contributed by atoms with van der Waals surface area (Å²) in [6, 6.07) is 9.55. The summed E-state index contributed by atoms with van der Waals surface area (Å²) in [5.74, 6) is 0.708. The predicted octanol–water partition coefficient (Wildman–Crippen LogP) is 1.03. The molecule has 1 aromatic carbocycles. The summed E-state index contributed by atoms with van der Waals surface area (Å²) in [7, 11) is 0. The Morgan fingerprint density at radius 1 is 1.44 bits per heavy atom. The molecular weight excluding hydrogens is 230 g/mol. The fraction of sp³-hybridized carbons (Fsp3) is 0.231. The second-order valence-electron chi connectivity index (χ2n) is 4.22. The van der Waals surface area contributed by atoms with Crippen molar-refractivity contribution in [2.45, 2.75) is 19.1 Å². The average Bonchev–Trinajstić information content (AvgIpc) is 3.04. The first-order chi connectivity index (χ1) is 8.83. The van der Waals surface area contributed by atoms with Crippen LogP contribution in [-0.4, -0.2) is 22.2 Å². The molecule has 1 atom stereocenters. The van der Waals surface area contributed by atoms with E-state index in [0.717, 1.165) is 17.0 Å². The van der Waals surface area contributed by atoms with Crippen molar-refractivity contribution in [1.82, 2.24) is 15.5 Å². The van der Waals surface area contributed by atoms with Crippen molar-refractivity contribution < 1.29 is 9.53 Å². The van der Waals surface area contributed by atoms with Gasteiger partial charge < -0.3 is 10.1 Å². The van der Waals surface area contributed by atoms with Gasteiger partial charge in [0.05, 0.1) is 12.2 Å². The number of nitrogens with zero attached hydrogens (tertiary/aromatic N) is 1. The SMILES string of the molecule is O=C(NCc1ccn[nH]1)C1Cc2ccccc2O1. The first-order valence-corrected chi connectivity index (χ1v) is 5.83. The Balaban J connectivity index is 1.59. The smallest absolute Gasteiger partial charge is 0.261 e. The molecule has 5 nitrogen and oxygen atoms in total. The maximum absolute atomic E-state index is 11.9. The molecule has 0 bridgehead atoms. The maximum atomic E-state index is 11.9. The van der Waals surface area contributed by atoms with Crippen molar-refractivity contribution in [2.24, 2.45) is 0 Å². The molecule has 0 spiro atoms. The lowest BCUT2D eigenvalue weighted by Crippen LogP contribution is -2.37. The van der Waals surface area contributed by atoms with Gasteiger partial charge in [-0.3, -0.25) is 9.89 Å². The number of aromatic nitrogens is 2. The lowest BCUT2D eigenvalue weighted by atomic mass is 10.1. The van der Waals surface area contributed by atoms with Gasteiger partial charge in [-0.1, -0.05) is 18.2 Å². The van der Waals surface area contributed by atoms with Crippen LogP contribution in [0.1, 0.15) is 11.3 Å². The number of hydrogen-bond acceptors (Lipinski definition) is 3. The fourth-order valence-electron chi connectivity index (χ4n) is 2.01. The minimum absolute atomic E-state index is 0.0965. The van der Waals surface area contributed by atoms with E-state index < -0.39 is 6.10 Å². The summed E-state index contributed by atoms with van der Waals surface area (Å²) < 4.78 is 5.60. The summed E-state index contributed by atoms with van der Waals surface area (Å²) >= 11 is 0. The van der Waals surface area contributed by atoms with Gasteiger partial charge in [0, 0.05) is 12.6 Å². The van der Waals surface area contributed by atoms with Crippen molar-refractivity contribution in [3.8, 4) is 5.75 Å². The molecule has 18 heavy (non-hydrogen) atoms. The van der Waals surface area contributed by atoms with E-state index in [9.17, 15) is 4.79 Å². The Labute approximate surface area is 104 Å². The van der Waals surface area contributed by atoms with Crippen LogP contribution in [0.5, 0.6) is 5.75 Å². The lowest BCUT2D eigenvalue weighted by molar-refractivity contribution is -0.127. The molecule has 1 amide bonds. The van der Waals surface area contributed by atoms with E-state index in [1.54, 1.807) is 6.20 Å². The molecule has 5 heteroatoms. The minimum atomic E-state index is -0.426. The van der Waals surface area contributed by atoms with Gasteiger partial charge in [-0.15, -0.1) is 0 Å². The van der Waals surface area contributed by atoms with Gasteiger partial charge in [0.1, 0.15) is 5.75 Å². The summed E-state index contributed by atoms with van der Waals surface area (Å²) in [6.07, 6.45) is 1.86. The zero-order chi connectivity index (χ0) is 12.4. The fourth-order valence-corrected chi connectivity index (χ4v) is 2.01. The van der Waals surface area contributed by atoms with Crippen LogP contribution < -0.4 is 10.1 Å². The van der Waals surface area contributed by atoms with E-state index in [1.165, 1.54) is 0 Å². The maximum Gasteiger partial charge on any atom is 0.261 e. The van der Waals surface area contributed by atoms with Crippen LogP contribution in [0.3, 0.4) is 0 Å². The lowest BCUT2D eigenvalue weighted by Gasteiger charge is -2.10. The number of rotatable bonds is 3. The number of carbonyl (C=O) groups excluding carboxylic acids is 1. The molecule has 0 aliphatic carbocycles. The van der Waals surface area contributed by atoms with Crippen molar-refractivity contribution in [1.29, 1.82) is 0 Å². The van der Waals surface area contributed by atoms with Gasteiger partial charge in [0.15, 0.2) is 6.10 Å². The second kappa shape index (κ2) is 4.52. The molecule has 1 aliphatic rings. The van der Waals surface area contributed by atoms with Gasteiger partial charge in [-0.05, 0) is 17.7 Å². The molecular formula is C13H13N3O2. The van der Waals surface area contributed by atoms with Crippen molar-refractivity contribution in [3.05, 3.63) is 47.8 Å². The van der Waals surface area contributed by atoms with E-state index in [0.29, 0.717) is 13.0 Å². The predicted molar refractivity (Wildman–Crippen MR) is 65.0 cm³/mol. The van der Waals surface area contributed by atoms with Crippen molar-refractivity contribution in [3.63, 3.8) is 0 Å². The number of aromatic amines is 1. The average molecular weight is 243 g/mol. The summed E-state index contributed by atoms with van der Waals surface area (Å²) in [5, 5.41) is 9.44. The van der Waals surface area contributed by atoms with Crippen LogP contribution in [0.15, 0.2) is 36.5 Å². The first-order valence-electron chi connectivity index (χ1n) is 5.83. The van der Waals surface area contributed by atoms with E-state index in [4.69, 9.17) is 4.74 Å². The molecule has 1 aromatic heterocycles. The van der Waals surface area contributed by atoms with Crippen LogP contribution in [0.2, 0.25) is 0 Å². The van der Waals surface area contributed by atoms with Crippen LogP contribution in [0.4, 0.5) is 0 Å². The Bertz CT molecular complexity index is 526. The molecule has 1 unspecified atom stereocenters. The highest BCUT2D eigenvalue weighted by atomic mass is 16.5. The molecule has 92 valence electrons. The highest BCUT2D eigenvalue weighted by molar-refractivity contribution is 5.82. The number of para-hydroxylation sites is 1. The number of nitrogens with one attached hydrogen (secondary N) is 2. The Kier molecular flexibility index (Phi) is 2.72. The number of carbonyl (C=O) groups is 1. The zero-order valence-electron chi connectivity index (χ0n) is 9.72. The number of benzene rings is 1. The van der Waals surface area contributed by atoms with Crippen molar-refractivity contribution in [2.75, 3.05) is 0 Å². The highest BCUT2D eigenvalue weighted by Gasteiger charge is 2.28. The van der Waals surface area contributed by atoms with Gasteiger partial charge in [0.2, 0.25) is 0 Å². The third-order valence-corrected chi connectivity index (χ3v) is 2.95. The first kappa shape index (κ1) is 10.8. The third-order valence-electron chi connectivity index (χ3n) is 2.95. The third kappa shape index (κ3) is 2.07. The van der Waals surface area contributed by atoms with Gasteiger partial charge in [-0.25, -0.2) is 0 Å². The van der Waals surface area contributed by atoms with E-state index in [2.05, 4.69) is 15.5 Å². The second-order valence-corrected chi connectivity index (χ2v) is 4.22. The molecule has 0 fully saturated rings. The molecule has 2 N–H and O–H groups in total. The normalized spacial score (nSPS) is 17.0. The summed E-state index contributed by atoms with van der Waals surface area (Å²) in [4.78, 5) is 11.9. The summed E-state index contributed by atoms with van der Waals surface area (Å²) in [6.45, 7) is 0.440. The zero-order valence-corrected chi connectivity index (χ0v) is 9.72. The van der Waals surface area contributed by atoms with Gasteiger partial charge in [0.25, 0.3) is 5.91 Å². The number of fused-ring (bicyclic) bond motifs is 1. The number of amides is 1. The summed E-state index contributed by atoms with van der Waals surface area (Å²) in [5.41, 5.74) is 1.96. The minimum Gasteiger partial charge on any atom is -0.480 e. The number of ether oxygens (including phenoxy) is 1. The Hall–Kier alpha value is -2.30. The Morgan fingerprint density at radius 3 is 3.11 bits per heavy atom. The van der Waals surface area contributed by atoms with E-state index in [1.807, 2.05) is 30.3 Å². The van der Waals surface area contributed by atoms with E-state index >= 15 is 0 Å². The molecule has 2 aromatic rings. The largest absolute Gasteiger partial charge is 0.480 e. The quantitative estimate of drug-likeness (QED) is 0.846.